The normalized spacial score (nSPS) is 41.6. The Bertz CT molecular complexity index is 651. The Morgan fingerprint density at radius 2 is 2.00 bits per heavy atom. The summed E-state index contributed by atoms with van der Waals surface area (Å²) in [5.74, 6) is -0.732. The molecule has 7 heteroatoms. The molecule has 0 amide bonds. The fourth-order valence-corrected chi connectivity index (χ4v) is 5.56. The number of hydrogen-bond donors (Lipinski definition) is 1. The van der Waals surface area contributed by atoms with E-state index >= 15 is 0 Å². The minimum Gasteiger partial charge on any atom is -0.464 e. The van der Waals surface area contributed by atoms with Gasteiger partial charge in [-0.25, -0.2) is 4.79 Å². The fourth-order valence-electron chi connectivity index (χ4n) is 4.93. The van der Waals surface area contributed by atoms with Crippen LogP contribution in [0.4, 0.5) is 0 Å². The van der Waals surface area contributed by atoms with E-state index in [1.165, 1.54) is 6.42 Å². The van der Waals surface area contributed by atoms with Crippen molar-refractivity contribution in [1.82, 2.24) is 0 Å². The maximum atomic E-state index is 12.1. The summed E-state index contributed by atoms with van der Waals surface area (Å²) in [5, 5.41) is 0. The highest BCUT2D eigenvalue weighted by Gasteiger charge is 2.80. The van der Waals surface area contributed by atoms with E-state index in [-0.39, 0.29) is 17.4 Å². The molecule has 3 aliphatic rings. The van der Waals surface area contributed by atoms with Crippen LogP contribution in [0.2, 0.25) is 0 Å². The maximum absolute atomic E-state index is 12.1. The third-order valence-electron chi connectivity index (χ3n) is 6.46. The van der Waals surface area contributed by atoms with Gasteiger partial charge in [0.25, 0.3) is 10.1 Å². The fraction of sp³-hybridized carbons (Fsp3) is 0.867. The van der Waals surface area contributed by atoms with Gasteiger partial charge in [0.05, 0.1) is 6.61 Å². The van der Waals surface area contributed by atoms with Crippen molar-refractivity contribution in [3.63, 3.8) is 0 Å². The van der Waals surface area contributed by atoms with Gasteiger partial charge in [-0.3, -0.25) is 9.35 Å². The Morgan fingerprint density at radius 3 is 2.50 bits per heavy atom. The number of esters is 1. The van der Waals surface area contributed by atoms with Gasteiger partial charge in [-0.15, -0.1) is 0 Å². The smallest absolute Gasteiger partial charge is 0.337 e. The van der Waals surface area contributed by atoms with Crippen molar-refractivity contribution in [3.8, 4) is 0 Å². The molecule has 3 saturated carbocycles. The van der Waals surface area contributed by atoms with Crippen molar-refractivity contribution in [2.45, 2.75) is 51.2 Å². The summed E-state index contributed by atoms with van der Waals surface area (Å²) in [5.41, 5.74) is 0.256. The van der Waals surface area contributed by atoms with E-state index in [1.54, 1.807) is 0 Å². The van der Waals surface area contributed by atoms with E-state index in [0.29, 0.717) is 11.8 Å². The Labute approximate surface area is 130 Å². The number of carbonyl (C=O) groups excluding carboxylic acids is 2. The Balaban J connectivity index is 1.68. The molecule has 0 radical (unpaired) electrons. The van der Waals surface area contributed by atoms with Crippen LogP contribution in [0.1, 0.15) is 46.5 Å². The molecule has 1 N–H and O–H groups in total. The lowest BCUT2D eigenvalue weighted by atomic mass is 9.67. The largest absolute Gasteiger partial charge is 0.464 e. The number of ketones is 1. The van der Waals surface area contributed by atoms with Crippen LogP contribution >= 0.6 is 0 Å². The molecular formula is C15H22O6S. The van der Waals surface area contributed by atoms with Crippen molar-refractivity contribution in [1.29, 1.82) is 0 Å². The monoisotopic (exact) mass is 330 g/mol. The second kappa shape index (κ2) is 4.32. The molecule has 0 aliphatic heterocycles. The Hall–Kier alpha value is -0.950. The van der Waals surface area contributed by atoms with E-state index in [1.807, 2.05) is 0 Å². The summed E-state index contributed by atoms with van der Waals surface area (Å²) >= 11 is 0. The number of rotatable bonds is 5. The van der Waals surface area contributed by atoms with Gasteiger partial charge in [-0.05, 0) is 56.8 Å². The van der Waals surface area contributed by atoms with Crippen molar-refractivity contribution >= 4 is 21.9 Å². The molecule has 0 heterocycles. The first-order valence-electron chi connectivity index (χ1n) is 7.64. The van der Waals surface area contributed by atoms with Crippen LogP contribution in [0.25, 0.3) is 0 Å². The number of ether oxygens (including phenoxy) is 1. The summed E-state index contributed by atoms with van der Waals surface area (Å²) in [6.45, 7) is 4.24. The summed E-state index contributed by atoms with van der Waals surface area (Å²) in [7, 11) is -4.86. The minimum absolute atomic E-state index is 0.0188. The van der Waals surface area contributed by atoms with Crippen LogP contribution in [0.5, 0.6) is 0 Å². The van der Waals surface area contributed by atoms with Crippen LogP contribution in [-0.2, 0) is 24.4 Å². The van der Waals surface area contributed by atoms with Crippen molar-refractivity contribution in [2.24, 2.45) is 22.7 Å². The molecule has 124 valence electrons. The van der Waals surface area contributed by atoms with Gasteiger partial charge in [0, 0.05) is 5.41 Å². The van der Waals surface area contributed by atoms with E-state index in [0.717, 1.165) is 33.1 Å². The molecule has 0 saturated heterocycles. The SMILES string of the molecule is CC(=O)C(C)(C(=O)OCC12CC3CC(C)CC31C2)S(=O)(=O)O. The third kappa shape index (κ3) is 1.78. The predicted molar refractivity (Wildman–Crippen MR) is 77.6 cm³/mol. The van der Waals surface area contributed by atoms with Gasteiger partial charge in [0.15, 0.2) is 5.78 Å². The van der Waals surface area contributed by atoms with Crippen LogP contribution in [0, 0.1) is 22.7 Å². The molecular weight excluding hydrogens is 308 g/mol. The highest BCUT2D eigenvalue weighted by molar-refractivity contribution is 7.89. The van der Waals surface area contributed by atoms with E-state index in [9.17, 15) is 22.6 Å². The highest BCUT2D eigenvalue weighted by atomic mass is 32.2. The molecule has 1 spiro atoms. The zero-order chi connectivity index (χ0) is 16.6. The summed E-state index contributed by atoms with van der Waals surface area (Å²) in [6.07, 6.45) is 4.38. The standard InChI is InChI=1S/C15H22O6S/c1-9-4-11-6-14(7-15(11,14)5-9)8-21-12(17)13(3,10(2)16)22(18,19)20/h9,11H,4-8H2,1-3H3,(H,18,19,20). The molecule has 5 unspecified atom stereocenters. The van der Waals surface area contributed by atoms with E-state index in [2.05, 4.69) is 6.92 Å². The molecule has 3 rings (SSSR count). The predicted octanol–water partition coefficient (Wildman–Crippen LogP) is 1.59. The van der Waals surface area contributed by atoms with Crippen LogP contribution < -0.4 is 0 Å². The third-order valence-corrected chi connectivity index (χ3v) is 7.95. The molecule has 0 aromatic carbocycles. The molecule has 0 bridgehead atoms. The zero-order valence-corrected chi connectivity index (χ0v) is 13.9. The van der Waals surface area contributed by atoms with Gasteiger partial charge in [-0.1, -0.05) is 6.92 Å². The molecule has 6 nitrogen and oxygen atoms in total. The average molecular weight is 330 g/mol. The van der Waals surface area contributed by atoms with Crippen molar-refractivity contribution < 1.29 is 27.3 Å². The molecule has 0 aromatic heterocycles. The van der Waals surface area contributed by atoms with Gasteiger partial charge in [0.1, 0.15) is 0 Å². The van der Waals surface area contributed by atoms with Crippen molar-refractivity contribution in [3.05, 3.63) is 0 Å². The average Bonchev–Trinajstić information content (AvgIpc) is 2.75. The van der Waals surface area contributed by atoms with Gasteiger partial charge in [0.2, 0.25) is 4.75 Å². The molecule has 3 aliphatic carbocycles. The molecule has 3 fully saturated rings. The van der Waals surface area contributed by atoms with E-state index in [4.69, 9.17) is 4.74 Å². The topological polar surface area (TPSA) is 97.7 Å². The molecule has 0 aromatic rings. The lowest BCUT2D eigenvalue weighted by molar-refractivity contribution is -0.153. The number of Topliss-reactive ketones (excluding diaryl/α,β-unsaturated/α-hetero) is 1. The number of hydrogen-bond acceptors (Lipinski definition) is 5. The van der Waals surface area contributed by atoms with E-state index < -0.39 is 26.6 Å². The highest BCUT2D eigenvalue weighted by Crippen LogP contribution is 2.86. The van der Waals surface area contributed by atoms with Gasteiger partial charge < -0.3 is 4.74 Å². The second-order valence-electron chi connectivity index (χ2n) is 7.70. The molecule has 22 heavy (non-hydrogen) atoms. The lowest BCUT2D eigenvalue weighted by Gasteiger charge is -2.39. The quantitative estimate of drug-likeness (QED) is 0.467. The van der Waals surface area contributed by atoms with Gasteiger partial charge in [-0.2, -0.15) is 8.42 Å². The zero-order valence-electron chi connectivity index (χ0n) is 13.1. The lowest BCUT2D eigenvalue weighted by Crippen LogP contribution is -2.51. The van der Waals surface area contributed by atoms with Crippen LogP contribution in [0.3, 0.4) is 0 Å². The van der Waals surface area contributed by atoms with Crippen LogP contribution in [-0.4, -0.2) is 36.1 Å². The first-order chi connectivity index (χ1) is 9.98. The Morgan fingerprint density at radius 1 is 1.36 bits per heavy atom. The number of carbonyl (C=O) groups is 2. The van der Waals surface area contributed by atoms with Gasteiger partial charge >= 0.3 is 5.97 Å². The summed E-state index contributed by atoms with van der Waals surface area (Å²) in [6, 6.07) is 0. The second-order valence-corrected chi connectivity index (χ2v) is 9.47. The first-order valence-corrected chi connectivity index (χ1v) is 9.08. The summed E-state index contributed by atoms with van der Waals surface area (Å²) < 4.78 is 34.7. The minimum atomic E-state index is -4.86. The Kier molecular flexibility index (Phi) is 3.13. The molecule has 5 atom stereocenters. The first kappa shape index (κ1) is 15.9. The van der Waals surface area contributed by atoms with Crippen LogP contribution in [0.15, 0.2) is 0 Å². The summed E-state index contributed by atoms with van der Waals surface area (Å²) in [4.78, 5) is 23.7. The maximum Gasteiger partial charge on any atom is 0.337 e. The van der Waals surface area contributed by atoms with Crippen molar-refractivity contribution in [2.75, 3.05) is 6.61 Å².